The van der Waals surface area contributed by atoms with Crippen molar-refractivity contribution in [3.05, 3.63) is 71.4 Å². The van der Waals surface area contributed by atoms with Crippen molar-refractivity contribution in [2.24, 2.45) is 4.99 Å². The molecular formula is C15H17N7O2. The summed E-state index contributed by atoms with van der Waals surface area (Å²) in [6.07, 6.45) is 6.44. The lowest BCUT2D eigenvalue weighted by Crippen LogP contribution is -2.10. The molecule has 0 saturated heterocycles. The van der Waals surface area contributed by atoms with Crippen molar-refractivity contribution >= 4 is 23.1 Å². The van der Waals surface area contributed by atoms with Crippen LogP contribution in [-0.2, 0) is 6.42 Å². The lowest BCUT2D eigenvalue weighted by atomic mass is 10.3. The number of fused-ring (bicyclic) bond motifs is 2. The summed E-state index contributed by atoms with van der Waals surface area (Å²) < 4.78 is 0. The number of hydrogen-bond donors (Lipinski definition) is 3. The molecule has 3 aromatic heterocycles. The standard InChI is InChI=1S/C6H5N3O.C5H4N4O.2C2H4/c10-6-4-1-2-7-5(4)8-3-9-6;10-5-3-1-8-9-4(3)6-2-7-5;2*1-2/h2-3H,1H2,(H,8,9,10);1-2H,(H2,6,7,8,9,10);2*1-2H2. The van der Waals surface area contributed by atoms with Gasteiger partial charge in [-0.1, -0.05) is 0 Å². The Labute approximate surface area is 136 Å². The van der Waals surface area contributed by atoms with E-state index in [1.165, 1.54) is 18.9 Å². The molecular weight excluding hydrogens is 310 g/mol. The average molecular weight is 327 g/mol. The molecule has 124 valence electrons. The Morgan fingerprint density at radius 2 is 1.62 bits per heavy atom. The second-order valence-corrected chi connectivity index (χ2v) is 3.91. The summed E-state index contributed by atoms with van der Waals surface area (Å²) in [5.74, 6) is 0.559. The van der Waals surface area contributed by atoms with E-state index in [4.69, 9.17) is 0 Å². The Kier molecular flexibility index (Phi) is 7.22. The minimum atomic E-state index is -0.168. The van der Waals surface area contributed by atoms with Gasteiger partial charge in [0.05, 0.1) is 24.4 Å². The van der Waals surface area contributed by atoms with E-state index in [1.54, 1.807) is 6.21 Å². The molecule has 3 aromatic rings. The average Bonchev–Trinajstić information content (AvgIpc) is 3.29. The smallest absolute Gasteiger partial charge is 0.261 e. The van der Waals surface area contributed by atoms with E-state index < -0.39 is 0 Å². The van der Waals surface area contributed by atoms with E-state index >= 15 is 0 Å². The van der Waals surface area contributed by atoms with Crippen LogP contribution in [-0.4, -0.2) is 36.3 Å². The third-order valence-electron chi connectivity index (χ3n) is 2.69. The largest absolute Gasteiger partial charge is 0.313 e. The summed E-state index contributed by atoms with van der Waals surface area (Å²) >= 11 is 0. The van der Waals surface area contributed by atoms with Crippen LogP contribution in [0.1, 0.15) is 5.56 Å². The van der Waals surface area contributed by atoms with Crippen molar-refractivity contribution in [1.82, 2.24) is 30.1 Å². The molecule has 1 aliphatic rings. The number of aliphatic imine (C=N–C) groups is 1. The highest BCUT2D eigenvalue weighted by atomic mass is 16.1. The van der Waals surface area contributed by atoms with E-state index in [0.29, 0.717) is 28.8 Å². The molecule has 0 atom stereocenters. The Morgan fingerprint density at radius 3 is 2.29 bits per heavy atom. The van der Waals surface area contributed by atoms with Crippen molar-refractivity contribution < 1.29 is 0 Å². The van der Waals surface area contributed by atoms with E-state index in [9.17, 15) is 9.59 Å². The van der Waals surface area contributed by atoms with Crippen LogP contribution in [0.3, 0.4) is 0 Å². The number of aromatic amines is 3. The predicted molar refractivity (Wildman–Crippen MR) is 93.7 cm³/mol. The maximum Gasteiger partial charge on any atom is 0.261 e. The van der Waals surface area contributed by atoms with Gasteiger partial charge in [-0.05, 0) is 0 Å². The van der Waals surface area contributed by atoms with Crippen LogP contribution in [0, 0.1) is 0 Å². The van der Waals surface area contributed by atoms with Crippen molar-refractivity contribution in [1.29, 1.82) is 0 Å². The lowest BCUT2D eigenvalue weighted by Gasteiger charge is -1.90. The summed E-state index contributed by atoms with van der Waals surface area (Å²) in [5, 5.41) is 6.72. The van der Waals surface area contributed by atoms with Crippen molar-refractivity contribution in [2.45, 2.75) is 6.42 Å². The first-order chi connectivity index (χ1) is 11.8. The molecule has 24 heavy (non-hydrogen) atoms. The van der Waals surface area contributed by atoms with E-state index in [0.717, 1.165) is 0 Å². The molecule has 0 fully saturated rings. The summed E-state index contributed by atoms with van der Waals surface area (Å²) in [4.78, 5) is 38.3. The maximum absolute atomic E-state index is 10.9. The normalized spacial score (nSPS) is 10.3. The van der Waals surface area contributed by atoms with Crippen LogP contribution in [0.4, 0.5) is 5.82 Å². The Balaban J connectivity index is 0.000000199. The molecule has 0 aliphatic carbocycles. The van der Waals surface area contributed by atoms with Gasteiger partial charge in [-0.2, -0.15) is 5.10 Å². The molecule has 0 radical (unpaired) electrons. The number of hydrogen-bond acceptors (Lipinski definition) is 6. The lowest BCUT2D eigenvalue weighted by molar-refractivity contribution is 1.07. The molecule has 3 N–H and O–H groups in total. The van der Waals surface area contributed by atoms with Crippen molar-refractivity contribution in [2.75, 3.05) is 0 Å². The third kappa shape index (κ3) is 4.19. The van der Waals surface area contributed by atoms with Gasteiger partial charge in [0.15, 0.2) is 11.5 Å². The number of rotatable bonds is 0. The second-order valence-electron chi connectivity index (χ2n) is 3.91. The molecule has 0 saturated carbocycles. The highest BCUT2D eigenvalue weighted by molar-refractivity contribution is 5.73. The number of aromatic nitrogens is 6. The zero-order chi connectivity index (χ0) is 17.9. The SMILES string of the molecule is C=C.C=C.O=c1[nH]cnc2[nH]ncc12.O=c1[nH]cnc2c1CC=N2. The van der Waals surface area contributed by atoms with Gasteiger partial charge in [-0.3, -0.25) is 14.7 Å². The second kappa shape index (κ2) is 9.41. The summed E-state index contributed by atoms with van der Waals surface area (Å²) in [6.45, 7) is 12.0. The van der Waals surface area contributed by atoms with Gasteiger partial charge in [0.1, 0.15) is 5.39 Å². The fraction of sp³-hybridized carbons (Fsp3) is 0.0667. The van der Waals surface area contributed by atoms with Gasteiger partial charge < -0.3 is 9.97 Å². The maximum atomic E-state index is 10.9. The molecule has 4 heterocycles. The highest BCUT2D eigenvalue weighted by Gasteiger charge is 2.09. The minimum Gasteiger partial charge on any atom is -0.313 e. The van der Waals surface area contributed by atoms with Crippen molar-refractivity contribution in [3.8, 4) is 0 Å². The molecule has 9 heteroatoms. The topological polar surface area (TPSA) is 133 Å². The van der Waals surface area contributed by atoms with Gasteiger partial charge in [-0.15, -0.1) is 26.3 Å². The Hall–Kier alpha value is -3.62. The fourth-order valence-electron chi connectivity index (χ4n) is 1.71. The van der Waals surface area contributed by atoms with Crippen LogP contribution in [0.5, 0.6) is 0 Å². The molecule has 1 aliphatic heterocycles. The molecule has 0 bridgehead atoms. The van der Waals surface area contributed by atoms with E-state index in [1.807, 2.05) is 0 Å². The minimum absolute atomic E-state index is 0.0810. The fourth-order valence-corrected chi connectivity index (χ4v) is 1.71. The molecule has 9 nitrogen and oxygen atoms in total. The Morgan fingerprint density at radius 1 is 0.958 bits per heavy atom. The van der Waals surface area contributed by atoms with Crippen LogP contribution < -0.4 is 11.1 Å². The van der Waals surface area contributed by atoms with Gasteiger partial charge in [0, 0.05) is 12.6 Å². The molecule has 0 spiro atoms. The molecule has 0 amide bonds. The zero-order valence-corrected chi connectivity index (χ0v) is 13.0. The third-order valence-corrected chi connectivity index (χ3v) is 2.69. The summed E-state index contributed by atoms with van der Waals surface area (Å²) in [5.41, 5.74) is 0.938. The predicted octanol–water partition coefficient (Wildman–Crippen LogP) is 1.28. The molecule has 4 rings (SSSR count). The highest BCUT2D eigenvalue weighted by Crippen LogP contribution is 2.14. The molecule has 0 aromatic carbocycles. The number of nitrogens with one attached hydrogen (secondary N) is 3. The van der Waals surface area contributed by atoms with Crippen LogP contribution >= 0.6 is 0 Å². The van der Waals surface area contributed by atoms with Crippen LogP contribution in [0.25, 0.3) is 11.0 Å². The number of nitrogens with zero attached hydrogens (tertiary/aromatic N) is 4. The van der Waals surface area contributed by atoms with Crippen LogP contribution in [0.15, 0.2) is 59.7 Å². The Bertz CT molecular complexity index is 921. The monoisotopic (exact) mass is 327 g/mol. The first kappa shape index (κ1) is 18.4. The van der Waals surface area contributed by atoms with Gasteiger partial charge >= 0.3 is 0 Å². The first-order valence-corrected chi connectivity index (χ1v) is 6.71. The first-order valence-electron chi connectivity index (χ1n) is 6.71. The van der Waals surface area contributed by atoms with E-state index in [2.05, 4.69) is 61.4 Å². The zero-order valence-electron chi connectivity index (χ0n) is 13.0. The number of H-pyrrole nitrogens is 3. The van der Waals surface area contributed by atoms with Gasteiger partial charge in [0.2, 0.25) is 0 Å². The quantitative estimate of drug-likeness (QED) is 0.535. The summed E-state index contributed by atoms with van der Waals surface area (Å²) in [6, 6.07) is 0. The van der Waals surface area contributed by atoms with E-state index in [-0.39, 0.29) is 11.1 Å². The molecule has 0 unspecified atom stereocenters. The van der Waals surface area contributed by atoms with Gasteiger partial charge in [-0.25, -0.2) is 15.0 Å². The van der Waals surface area contributed by atoms with Crippen molar-refractivity contribution in [3.63, 3.8) is 0 Å². The van der Waals surface area contributed by atoms with Crippen LogP contribution in [0.2, 0.25) is 0 Å². The summed E-state index contributed by atoms with van der Waals surface area (Å²) in [7, 11) is 0. The van der Waals surface area contributed by atoms with Gasteiger partial charge in [0.25, 0.3) is 11.1 Å².